The van der Waals surface area contributed by atoms with Crippen molar-refractivity contribution in [2.45, 2.75) is 19.4 Å². The first-order chi connectivity index (χ1) is 9.44. The lowest BCUT2D eigenvalue weighted by Crippen LogP contribution is -2.19. The first-order valence-electron chi connectivity index (χ1n) is 6.30. The highest BCUT2D eigenvalue weighted by Gasteiger charge is 2.10. The van der Waals surface area contributed by atoms with E-state index in [0.717, 1.165) is 24.1 Å². The minimum absolute atomic E-state index is 0.115. The summed E-state index contributed by atoms with van der Waals surface area (Å²) in [5.74, 6) is 0.888. The van der Waals surface area contributed by atoms with E-state index in [1.165, 1.54) is 0 Å². The summed E-state index contributed by atoms with van der Waals surface area (Å²) < 4.78 is 30.5. The van der Waals surface area contributed by atoms with Crippen molar-refractivity contribution >= 4 is 21.4 Å². The van der Waals surface area contributed by atoms with Gasteiger partial charge in [0.15, 0.2) is 0 Å². The molecule has 6 heteroatoms. The number of hydrogen-bond donors (Lipinski definition) is 2. The Bertz CT molecular complexity index is 651. The van der Waals surface area contributed by atoms with E-state index in [2.05, 4.69) is 10.0 Å². The van der Waals surface area contributed by atoms with Crippen LogP contribution in [0.4, 0.5) is 11.4 Å². The molecule has 2 N–H and O–H groups in total. The molecule has 0 fully saturated rings. The van der Waals surface area contributed by atoms with Gasteiger partial charge in [0.1, 0.15) is 5.76 Å². The average molecular weight is 294 g/mol. The molecule has 0 aliphatic rings. The van der Waals surface area contributed by atoms with E-state index in [4.69, 9.17) is 4.42 Å². The van der Waals surface area contributed by atoms with Gasteiger partial charge >= 0.3 is 0 Å². The molecule has 108 valence electrons. The van der Waals surface area contributed by atoms with Crippen molar-refractivity contribution < 1.29 is 12.8 Å². The lowest BCUT2D eigenvalue weighted by molar-refractivity contribution is 0.498. The largest absolute Gasteiger partial charge is 0.469 e. The number of benzene rings is 1. The Balaban J connectivity index is 2.08. The van der Waals surface area contributed by atoms with Crippen LogP contribution in [0.1, 0.15) is 12.7 Å². The van der Waals surface area contributed by atoms with Crippen molar-refractivity contribution in [1.82, 2.24) is 0 Å². The molecule has 0 aliphatic heterocycles. The topological polar surface area (TPSA) is 71.3 Å². The van der Waals surface area contributed by atoms with Gasteiger partial charge in [-0.05, 0) is 31.2 Å². The van der Waals surface area contributed by atoms with Gasteiger partial charge in [0.25, 0.3) is 0 Å². The molecule has 0 aliphatic carbocycles. The van der Waals surface area contributed by atoms with Gasteiger partial charge in [-0.1, -0.05) is 12.1 Å². The number of rotatable bonds is 6. The van der Waals surface area contributed by atoms with Gasteiger partial charge in [-0.15, -0.1) is 0 Å². The van der Waals surface area contributed by atoms with Crippen LogP contribution in [0, 0.1) is 0 Å². The molecule has 0 spiro atoms. The zero-order chi connectivity index (χ0) is 14.6. The van der Waals surface area contributed by atoms with E-state index < -0.39 is 10.0 Å². The number of anilines is 2. The summed E-state index contributed by atoms with van der Waals surface area (Å²) in [5.41, 5.74) is 1.29. The van der Waals surface area contributed by atoms with Crippen molar-refractivity contribution in [2.75, 3.05) is 16.3 Å². The second-order valence-corrected chi connectivity index (χ2v) is 6.50. The third-order valence-electron chi connectivity index (χ3n) is 2.71. The summed E-state index contributed by atoms with van der Waals surface area (Å²) in [6.45, 7) is 2.01. The Morgan fingerprint density at radius 1 is 1.15 bits per heavy atom. The molecule has 1 aromatic carbocycles. The smallest absolute Gasteiger partial charge is 0.229 e. The fourth-order valence-electron chi connectivity index (χ4n) is 1.94. The number of sulfonamides is 1. The van der Waals surface area contributed by atoms with Gasteiger partial charge in [-0.2, -0.15) is 0 Å². The van der Waals surface area contributed by atoms with Crippen molar-refractivity contribution in [2.24, 2.45) is 0 Å². The van der Waals surface area contributed by atoms with Gasteiger partial charge in [0, 0.05) is 12.5 Å². The molecule has 5 nitrogen and oxygen atoms in total. The van der Waals surface area contributed by atoms with Crippen LogP contribution in [0.3, 0.4) is 0 Å². The fourth-order valence-corrected chi connectivity index (χ4v) is 2.52. The zero-order valence-corrected chi connectivity index (χ0v) is 12.3. The van der Waals surface area contributed by atoms with Crippen molar-refractivity contribution in [1.29, 1.82) is 0 Å². The standard InChI is InChI=1S/C14H18N2O3S/c1-11(10-12-6-5-9-19-12)15-13-7-3-4-8-14(13)16-20(2,17)18/h3-9,11,15-16H,10H2,1-2H3. The lowest BCUT2D eigenvalue weighted by atomic mass is 10.1. The van der Waals surface area contributed by atoms with E-state index in [1.807, 2.05) is 31.2 Å². The molecule has 1 atom stereocenters. The van der Waals surface area contributed by atoms with Gasteiger partial charge in [0.2, 0.25) is 10.0 Å². The van der Waals surface area contributed by atoms with Crippen molar-refractivity contribution in [3.05, 3.63) is 48.4 Å². The second kappa shape index (κ2) is 6.00. The van der Waals surface area contributed by atoms with Gasteiger partial charge in [0.05, 0.1) is 23.9 Å². The van der Waals surface area contributed by atoms with Crippen LogP contribution in [0.25, 0.3) is 0 Å². The summed E-state index contributed by atoms with van der Waals surface area (Å²) >= 11 is 0. The summed E-state index contributed by atoms with van der Waals surface area (Å²) in [5, 5.41) is 3.28. The quantitative estimate of drug-likeness (QED) is 0.859. The third-order valence-corrected chi connectivity index (χ3v) is 3.30. The van der Waals surface area contributed by atoms with Gasteiger partial charge < -0.3 is 9.73 Å². The maximum atomic E-state index is 11.3. The predicted octanol–water partition coefficient (Wildman–Crippen LogP) is 2.69. The van der Waals surface area contributed by atoms with Crippen molar-refractivity contribution in [3.8, 4) is 0 Å². The SMILES string of the molecule is CC(Cc1ccco1)Nc1ccccc1NS(C)(=O)=O. The first-order valence-corrected chi connectivity index (χ1v) is 8.19. The zero-order valence-electron chi connectivity index (χ0n) is 11.5. The minimum Gasteiger partial charge on any atom is -0.469 e. The monoisotopic (exact) mass is 294 g/mol. The van der Waals surface area contributed by atoms with Crippen LogP contribution in [0.2, 0.25) is 0 Å². The molecule has 0 saturated carbocycles. The predicted molar refractivity (Wildman–Crippen MR) is 80.4 cm³/mol. The highest BCUT2D eigenvalue weighted by molar-refractivity contribution is 7.92. The number of hydrogen-bond acceptors (Lipinski definition) is 4. The Morgan fingerprint density at radius 2 is 1.85 bits per heavy atom. The summed E-state index contributed by atoms with van der Waals surface area (Å²) in [6.07, 6.45) is 3.50. The average Bonchev–Trinajstić information content (AvgIpc) is 2.82. The van der Waals surface area contributed by atoms with E-state index in [0.29, 0.717) is 5.69 Å². The molecule has 1 heterocycles. The van der Waals surface area contributed by atoms with E-state index in [-0.39, 0.29) is 6.04 Å². The van der Waals surface area contributed by atoms with E-state index in [9.17, 15) is 8.42 Å². The fraction of sp³-hybridized carbons (Fsp3) is 0.286. The maximum Gasteiger partial charge on any atom is 0.229 e. The maximum absolute atomic E-state index is 11.3. The molecule has 20 heavy (non-hydrogen) atoms. The minimum atomic E-state index is -3.29. The Hall–Kier alpha value is -1.95. The van der Waals surface area contributed by atoms with Crippen LogP contribution in [-0.4, -0.2) is 20.7 Å². The second-order valence-electron chi connectivity index (χ2n) is 4.75. The van der Waals surface area contributed by atoms with Crippen molar-refractivity contribution in [3.63, 3.8) is 0 Å². The van der Waals surface area contributed by atoms with Crippen LogP contribution in [0.15, 0.2) is 47.1 Å². The van der Waals surface area contributed by atoms with Gasteiger partial charge in [-0.25, -0.2) is 8.42 Å². The van der Waals surface area contributed by atoms with Crippen LogP contribution >= 0.6 is 0 Å². The molecule has 1 unspecified atom stereocenters. The molecule has 1 aromatic heterocycles. The third kappa shape index (κ3) is 4.31. The Kier molecular flexibility index (Phi) is 4.34. The Labute approximate surface area is 119 Å². The number of para-hydroxylation sites is 2. The van der Waals surface area contributed by atoms with Crippen LogP contribution < -0.4 is 10.0 Å². The molecule has 0 bridgehead atoms. The highest BCUT2D eigenvalue weighted by Crippen LogP contribution is 2.23. The molecule has 2 rings (SSSR count). The molecular weight excluding hydrogens is 276 g/mol. The summed E-state index contributed by atoms with van der Waals surface area (Å²) in [6, 6.07) is 11.1. The normalized spacial score (nSPS) is 12.9. The molecular formula is C14H18N2O3S. The molecule has 0 saturated heterocycles. The Morgan fingerprint density at radius 3 is 2.45 bits per heavy atom. The summed E-state index contributed by atoms with van der Waals surface area (Å²) in [7, 11) is -3.29. The van der Waals surface area contributed by atoms with Gasteiger partial charge in [-0.3, -0.25) is 4.72 Å². The first kappa shape index (κ1) is 14.5. The van der Waals surface area contributed by atoms with E-state index >= 15 is 0 Å². The lowest BCUT2D eigenvalue weighted by Gasteiger charge is -2.17. The highest BCUT2D eigenvalue weighted by atomic mass is 32.2. The molecule has 0 radical (unpaired) electrons. The van der Waals surface area contributed by atoms with E-state index in [1.54, 1.807) is 18.4 Å². The number of nitrogens with one attached hydrogen (secondary N) is 2. The number of furan rings is 1. The van der Waals surface area contributed by atoms with Crippen LogP contribution in [0.5, 0.6) is 0 Å². The molecule has 0 amide bonds. The summed E-state index contributed by atoms with van der Waals surface area (Å²) in [4.78, 5) is 0. The van der Waals surface area contributed by atoms with Crippen LogP contribution in [-0.2, 0) is 16.4 Å². The molecule has 2 aromatic rings.